The molecule has 0 unspecified atom stereocenters. The van der Waals surface area contributed by atoms with Crippen LogP contribution in [0.4, 0.5) is 10.1 Å². The number of aromatic nitrogens is 2. The number of hydrogen-bond acceptors (Lipinski definition) is 4. The van der Waals surface area contributed by atoms with Gasteiger partial charge in [-0.05, 0) is 6.42 Å². The van der Waals surface area contributed by atoms with Gasteiger partial charge in [0.1, 0.15) is 0 Å². The van der Waals surface area contributed by atoms with Crippen LogP contribution < -0.4 is 15.2 Å². The highest BCUT2D eigenvalue weighted by Crippen LogP contribution is 2.33. The van der Waals surface area contributed by atoms with Crippen molar-refractivity contribution in [1.82, 2.24) is 9.78 Å². The van der Waals surface area contributed by atoms with Gasteiger partial charge < -0.3 is 15.2 Å². The molecular formula is C13H16FN3O2. The minimum atomic E-state index is -0.496. The standard InChI is InChI=1S/C13H16FN3O2/c1-3-4-18-12-6-13(11(15)5-10(12)14)19-9-7-16-17(2)8-9/h5-8H,3-4,15H2,1-2H3. The summed E-state index contributed by atoms with van der Waals surface area (Å²) in [5.41, 5.74) is 5.94. The first-order chi connectivity index (χ1) is 9.10. The van der Waals surface area contributed by atoms with Gasteiger partial charge in [-0.1, -0.05) is 6.92 Å². The number of benzene rings is 1. The topological polar surface area (TPSA) is 62.3 Å². The van der Waals surface area contributed by atoms with Gasteiger partial charge in [0, 0.05) is 19.2 Å². The number of nitrogens with zero attached hydrogens (tertiary/aromatic N) is 2. The second-order valence-corrected chi connectivity index (χ2v) is 4.12. The molecule has 0 atom stereocenters. The second kappa shape index (κ2) is 5.60. The van der Waals surface area contributed by atoms with Crippen LogP contribution in [0.2, 0.25) is 0 Å². The number of hydrogen-bond donors (Lipinski definition) is 1. The zero-order valence-corrected chi connectivity index (χ0v) is 10.9. The van der Waals surface area contributed by atoms with Crippen LogP contribution in [-0.4, -0.2) is 16.4 Å². The third kappa shape index (κ3) is 3.15. The molecule has 0 aliphatic carbocycles. The average molecular weight is 265 g/mol. The monoisotopic (exact) mass is 265 g/mol. The van der Waals surface area contributed by atoms with Crippen LogP contribution >= 0.6 is 0 Å². The number of aryl methyl sites for hydroxylation is 1. The van der Waals surface area contributed by atoms with Crippen LogP contribution in [0.5, 0.6) is 17.2 Å². The molecule has 2 rings (SSSR count). The molecular weight excluding hydrogens is 249 g/mol. The first kappa shape index (κ1) is 13.2. The molecule has 1 aromatic carbocycles. The Morgan fingerprint density at radius 2 is 2.16 bits per heavy atom. The summed E-state index contributed by atoms with van der Waals surface area (Å²) in [5, 5.41) is 3.98. The van der Waals surface area contributed by atoms with E-state index in [4.69, 9.17) is 15.2 Å². The second-order valence-electron chi connectivity index (χ2n) is 4.12. The molecule has 0 bridgehead atoms. The van der Waals surface area contributed by atoms with E-state index in [1.54, 1.807) is 24.1 Å². The van der Waals surface area contributed by atoms with Crippen LogP contribution in [-0.2, 0) is 7.05 Å². The van der Waals surface area contributed by atoms with Crippen molar-refractivity contribution < 1.29 is 13.9 Å². The van der Waals surface area contributed by atoms with Crippen molar-refractivity contribution in [3.05, 3.63) is 30.3 Å². The molecule has 6 heteroatoms. The molecule has 1 heterocycles. The van der Waals surface area contributed by atoms with Gasteiger partial charge in [0.15, 0.2) is 23.1 Å². The van der Waals surface area contributed by atoms with Gasteiger partial charge in [-0.15, -0.1) is 0 Å². The number of anilines is 1. The van der Waals surface area contributed by atoms with Crippen LogP contribution in [0.1, 0.15) is 13.3 Å². The predicted molar refractivity (Wildman–Crippen MR) is 69.9 cm³/mol. The highest BCUT2D eigenvalue weighted by Gasteiger charge is 2.11. The van der Waals surface area contributed by atoms with Crippen molar-refractivity contribution in [2.45, 2.75) is 13.3 Å². The van der Waals surface area contributed by atoms with Crippen molar-refractivity contribution in [2.24, 2.45) is 7.05 Å². The Morgan fingerprint density at radius 3 is 2.79 bits per heavy atom. The van der Waals surface area contributed by atoms with E-state index in [1.165, 1.54) is 12.1 Å². The molecule has 0 aliphatic heterocycles. The van der Waals surface area contributed by atoms with Gasteiger partial charge in [-0.3, -0.25) is 4.68 Å². The van der Waals surface area contributed by atoms with Gasteiger partial charge >= 0.3 is 0 Å². The summed E-state index contributed by atoms with van der Waals surface area (Å²) in [5.74, 6) is 0.516. The highest BCUT2D eigenvalue weighted by atomic mass is 19.1. The predicted octanol–water partition coefficient (Wildman–Crippen LogP) is 2.72. The number of rotatable bonds is 5. The lowest BCUT2D eigenvalue weighted by atomic mass is 10.2. The Labute approximate surface area is 110 Å². The molecule has 0 radical (unpaired) electrons. The van der Waals surface area contributed by atoms with E-state index < -0.39 is 5.82 Å². The maximum absolute atomic E-state index is 13.6. The summed E-state index contributed by atoms with van der Waals surface area (Å²) in [4.78, 5) is 0. The van der Waals surface area contributed by atoms with Gasteiger partial charge in [0.2, 0.25) is 0 Å². The SMILES string of the molecule is CCCOc1cc(Oc2cnn(C)c2)c(N)cc1F. The summed E-state index contributed by atoms with van der Waals surface area (Å²) < 4.78 is 26.1. The Balaban J connectivity index is 2.24. The van der Waals surface area contributed by atoms with E-state index in [0.29, 0.717) is 18.1 Å². The van der Waals surface area contributed by atoms with Crippen molar-refractivity contribution in [3.63, 3.8) is 0 Å². The quantitative estimate of drug-likeness (QED) is 0.844. The number of halogens is 1. The molecule has 2 aromatic rings. The first-order valence-corrected chi connectivity index (χ1v) is 5.98. The van der Waals surface area contributed by atoms with E-state index >= 15 is 0 Å². The van der Waals surface area contributed by atoms with Crippen LogP contribution in [0.25, 0.3) is 0 Å². The number of nitrogens with two attached hydrogens (primary N) is 1. The molecule has 0 amide bonds. The lowest BCUT2D eigenvalue weighted by Gasteiger charge is -2.11. The van der Waals surface area contributed by atoms with E-state index in [0.717, 1.165) is 6.42 Å². The van der Waals surface area contributed by atoms with E-state index in [9.17, 15) is 4.39 Å². The van der Waals surface area contributed by atoms with Gasteiger partial charge in [0.25, 0.3) is 0 Å². The van der Waals surface area contributed by atoms with Crippen molar-refractivity contribution in [1.29, 1.82) is 0 Å². The molecule has 5 nitrogen and oxygen atoms in total. The van der Waals surface area contributed by atoms with Crippen molar-refractivity contribution in [2.75, 3.05) is 12.3 Å². The zero-order valence-electron chi connectivity index (χ0n) is 10.9. The largest absolute Gasteiger partial charge is 0.490 e. The number of ether oxygens (including phenoxy) is 2. The summed E-state index contributed by atoms with van der Waals surface area (Å²) in [6.07, 6.45) is 4.04. The van der Waals surface area contributed by atoms with Gasteiger partial charge in [-0.25, -0.2) is 4.39 Å². The lowest BCUT2D eigenvalue weighted by Crippen LogP contribution is -2.00. The Hall–Kier alpha value is -2.24. The van der Waals surface area contributed by atoms with Gasteiger partial charge in [-0.2, -0.15) is 5.10 Å². The van der Waals surface area contributed by atoms with Crippen LogP contribution in [0.15, 0.2) is 24.5 Å². The Morgan fingerprint density at radius 1 is 1.37 bits per heavy atom. The third-order valence-corrected chi connectivity index (χ3v) is 2.44. The zero-order chi connectivity index (χ0) is 13.8. The summed E-state index contributed by atoms with van der Waals surface area (Å²) in [6, 6.07) is 2.64. The van der Waals surface area contributed by atoms with Crippen LogP contribution in [0.3, 0.4) is 0 Å². The molecule has 102 valence electrons. The van der Waals surface area contributed by atoms with Crippen LogP contribution in [0, 0.1) is 5.82 Å². The van der Waals surface area contributed by atoms with E-state index in [-0.39, 0.29) is 11.4 Å². The van der Waals surface area contributed by atoms with Gasteiger partial charge in [0.05, 0.1) is 24.7 Å². The van der Waals surface area contributed by atoms with E-state index in [2.05, 4.69) is 5.10 Å². The Kier molecular flexibility index (Phi) is 3.89. The minimum absolute atomic E-state index is 0.134. The minimum Gasteiger partial charge on any atom is -0.490 e. The highest BCUT2D eigenvalue weighted by molar-refractivity contribution is 5.57. The third-order valence-electron chi connectivity index (χ3n) is 2.44. The lowest BCUT2D eigenvalue weighted by molar-refractivity contribution is 0.300. The maximum atomic E-state index is 13.6. The molecule has 0 fully saturated rings. The van der Waals surface area contributed by atoms with E-state index in [1.807, 2.05) is 6.92 Å². The summed E-state index contributed by atoms with van der Waals surface area (Å²) >= 11 is 0. The average Bonchev–Trinajstić information content (AvgIpc) is 2.77. The maximum Gasteiger partial charge on any atom is 0.167 e. The van der Waals surface area contributed by atoms with Crippen molar-refractivity contribution in [3.8, 4) is 17.2 Å². The Bertz CT molecular complexity index is 569. The fourth-order valence-electron chi connectivity index (χ4n) is 1.54. The smallest absolute Gasteiger partial charge is 0.167 e. The molecule has 1 aromatic heterocycles. The molecule has 0 aliphatic rings. The molecule has 0 saturated carbocycles. The molecule has 0 spiro atoms. The molecule has 2 N–H and O–H groups in total. The molecule has 19 heavy (non-hydrogen) atoms. The fraction of sp³-hybridized carbons (Fsp3) is 0.308. The number of nitrogen functional groups attached to an aromatic ring is 1. The molecule has 0 saturated heterocycles. The summed E-state index contributed by atoms with van der Waals surface area (Å²) in [7, 11) is 1.77. The first-order valence-electron chi connectivity index (χ1n) is 5.98. The fourth-order valence-corrected chi connectivity index (χ4v) is 1.54. The normalized spacial score (nSPS) is 10.5. The van der Waals surface area contributed by atoms with Crippen molar-refractivity contribution >= 4 is 5.69 Å². The summed E-state index contributed by atoms with van der Waals surface area (Å²) in [6.45, 7) is 2.38.